The van der Waals surface area contributed by atoms with Crippen LogP contribution in [0.5, 0.6) is 5.75 Å². The van der Waals surface area contributed by atoms with Crippen LogP contribution in [-0.4, -0.2) is 22.1 Å². The number of hydrogen-bond acceptors (Lipinski definition) is 4. The number of nitrogens with zero attached hydrogens (tertiary/aromatic N) is 2. The van der Waals surface area contributed by atoms with Gasteiger partial charge in [0.15, 0.2) is 6.61 Å². The van der Waals surface area contributed by atoms with Crippen LogP contribution >= 0.6 is 0 Å². The molecule has 0 aliphatic rings. The molecule has 0 unspecified atom stereocenters. The van der Waals surface area contributed by atoms with Gasteiger partial charge in [-0.15, -0.1) is 0 Å². The Morgan fingerprint density at radius 3 is 2.79 bits per heavy atom. The molecule has 1 aromatic carbocycles. The predicted octanol–water partition coefficient (Wildman–Crippen LogP) is 0.697. The average molecular weight is 260 g/mol. The number of nitrogens with two attached hydrogens (primary N) is 1. The number of rotatable bonds is 5. The van der Waals surface area contributed by atoms with E-state index in [9.17, 15) is 4.79 Å². The van der Waals surface area contributed by atoms with Crippen LogP contribution in [0.2, 0.25) is 0 Å². The summed E-state index contributed by atoms with van der Waals surface area (Å²) in [6.07, 6.45) is 3.51. The van der Waals surface area contributed by atoms with Crippen LogP contribution in [0.3, 0.4) is 0 Å². The molecule has 2 rings (SSSR count). The zero-order chi connectivity index (χ0) is 13.7. The quantitative estimate of drug-likeness (QED) is 0.775. The minimum atomic E-state index is -0.195. The molecule has 0 spiro atoms. The van der Waals surface area contributed by atoms with E-state index in [1.807, 2.05) is 17.8 Å². The van der Waals surface area contributed by atoms with Gasteiger partial charge >= 0.3 is 0 Å². The van der Waals surface area contributed by atoms with E-state index < -0.39 is 0 Å². The van der Waals surface area contributed by atoms with Crippen molar-refractivity contribution < 1.29 is 9.53 Å². The maximum absolute atomic E-state index is 11.6. The summed E-state index contributed by atoms with van der Waals surface area (Å²) in [5.74, 6) is 1.21. The minimum absolute atomic E-state index is 0.0334. The second-order valence-electron chi connectivity index (χ2n) is 4.09. The van der Waals surface area contributed by atoms with E-state index in [0.717, 1.165) is 5.82 Å². The standard InChI is InChI=1S/C13H16N4O2/c1-17-7-6-15-12(17)8-16-13(18)9-19-11-4-2-10(14)3-5-11/h2-7H,8-9,14H2,1H3,(H,16,18). The SMILES string of the molecule is Cn1ccnc1CNC(=O)COc1ccc(N)cc1. The summed E-state index contributed by atoms with van der Waals surface area (Å²) in [6, 6.07) is 6.89. The number of amides is 1. The van der Waals surface area contributed by atoms with Crippen LogP contribution in [0.25, 0.3) is 0 Å². The normalized spacial score (nSPS) is 10.2. The number of nitrogens with one attached hydrogen (secondary N) is 1. The first kappa shape index (κ1) is 12.9. The average Bonchev–Trinajstić information content (AvgIpc) is 2.81. The van der Waals surface area contributed by atoms with E-state index in [4.69, 9.17) is 10.5 Å². The van der Waals surface area contributed by atoms with E-state index in [1.54, 1.807) is 30.5 Å². The molecule has 2 aromatic rings. The molecular formula is C13H16N4O2. The van der Waals surface area contributed by atoms with Crippen molar-refractivity contribution in [3.8, 4) is 5.75 Å². The van der Waals surface area contributed by atoms with Crippen molar-refractivity contribution in [2.45, 2.75) is 6.54 Å². The summed E-state index contributed by atoms with van der Waals surface area (Å²) in [6.45, 7) is 0.349. The van der Waals surface area contributed by atoms with Gasteiger partial charge in [-0.05, 0) is 24.3 Å². The lowest BCUT2D eigenvalue weighted by atomic mass is 10.3. The molecule has 0 saturated heterocycles. The van der Waals surface area contributed by atoms with Crippen molar-refractivity contribution in [3.05, 3.63) is 42.5 Å². The van der Waals surface area contributed by atoms with Crippen LogP contribution in [0.15, 0.2) is 36.7 Å². The first-order valence-electron chi connectivity index (χ1n) is 5.86. The number of hydrogen-bond donors (Lipinski definition) is 2. The number of ether oxygens (including phenoxy) is 1. The van der Waals surface area contributed by atoms with E-state index in [0.29, 0.717) is 18.0 Å². The first-order valence-corrected chi connectivity index (χ1v) is 5.86. The molecule has 0 radical (unpaired) electrons. The van der Waals surface area contributed by atoms with Crippen molar-refractivity contribution in [1.29, 1.82) is 0 Å². The van der Waals surface area contributed by atoms with Crippen LogP contribution < -0.4 is 15.8 Å². The third kappa shape index (κ3) is 3.74. The second kappa shape index (κ2) is 5.90. The van der Waals surface area contributed by atoms with Gasteiger partial charge in [0.25, 0.3) is 5.91 Å². The summed E-state index contributed by atoms with van der Waals surface area (Å²) in [5, 5.41) is 2.74. The number of imidazole rings is 1. The maximum Gasteiger partial charge on any atom is 0.258 e. The fourth-order valence-electron chi connectivity index (χ4n) is 1.51. The highest BCUT2D eigenvalue weighted by Crippen LogP contribution is 2.12. The first-order chi connectivity index (χ1) is 9.15. The maximum atomic E-state index is 11.6. The van der Waals surface area contributed by atoms with Crippen molar-refractivity contribution in [2.24, 2.45) is 7.05 Å². The number of nitrogen functional groups attached to an aromatic ring is 1. The van der Waals surface area contributed by atoms with Gasteiger partial charge in [0.05, 0.1) is 6.54 Å². The molecule has 0 aliphatic carbocycles. The predicted molar refractivity (Wildman–Crippen MR) is 71.4 cm³/mol. The summed E-state index contributed by atoms with van der Waals surface area (Å²) in [4.78, 5) is 15.7. The van der Waals surface area contributed by atoms with Crippen LogP contribution in [-0.2, 0) is 18.4 Å². The highest BCUT2D eigenvalue weighted by atomic mass is 16.5. The minimum Gasteiger partial charge on any atom is -0.484 e. The van der Waals surface area contributed by atoms with Crippen molar-refractivity contribution in [1.82, 2.24) is 14.9 Å². The van der Waals surface area contributed by atoms with Gasteiger partial charge in [-0.1, -0.05) is 0 Å². The summed E-state index contributed by atoms with van der Waals surface area (Å²) >= 11 is 0. The Morgan fingerprint density at radius 2 is 2.16 bits per heavy atom. The highest BCUT2D eigenvalue weighted by Gasteiger charge is 2.05. The molecule has 0 atom stereocenters. The summed E-state index contributed by atoms with van der Waals surface area (Å²) in [7, 11) is 1.87. The zero-order valence-electron chi connectivity index (χ0n) is 10.7. The smallest absolute Gasteiger partial charge is 0.258 e. The van der Waals surface area contributed by atoms with E-state index in [1.165, 1.54) is 0 Å². The van der Waals surface area contributed by atoms with Crippen molar-refractivity contribution in [3.63, 3.8) is 0 Å². The molecule has 0 saturated carbocycles. The lowest BCUT2D eigenvalue weighted by molar-refractivity contribution is -0.123. The van der Waals surface area contributed by atoms with Gasteiger partial charge in [-0.3, -0.25) is 4.79 Å². The van der Waals surface area contributed by atoms with Crippen LogP contribution in [0, 0.1) is 0 Å². The Morgan fingerprint density at radius 1 is 1.42 bits per heavy atom. The van der Waals surface area contributed by atoms with Gasteiger partial charge in [-0.25, -0.2) is 4.98 Å². The van der Waals surface area contributed by atoms with Crippen LogP contribution in [0.4, 0.5) is 5.69 Å². The van der Waals surface area contributed by atoms with Gasteiger partial charge in [0.2, 0.25) is 0 Å². The van der Waals surface area contributed by atoms with Crippen molar-refractivity contribution in [2.75, 3.05) is 12.3 Å². The van der Waals surface area contributed by atoms with Crippen molar-refractivity contribution >= 4 is 11.6 Å². The lowest BCUT2D eigenvalue weighted by Gasteiger charge is -2.07. The second-order valence-corrected chi connectivity index (χ2v) is 4.09. The molecule has 1 amide bonds. The third-order valence-electron chi connectivity index (χ3n) is 2.61. The Bertz CT molecular complexity index is 548. The fraction of sp³-hybridized carbons (Fsp3) is 0.231. The number of aromatic nitrogens is 2. The lowest BCUT2D eigenvalue weighted by Crippen LogP contribution is -2.29. The van der Waals surface area contributed by atoms with E-state index >= 15 is 0 Å². The highest BCUT2D eigenvalue weighted by molar-refractivity contribution is 5.77. The molecule has 3 N–H and O–H groups in total. The molecule has 0 bridgehead atoms. The van der Waals surface area contributed by atoms with E-state index in [2.05, 4.69) is 10.3 Å². The summed E-state index contributed by atoms with van der Waals surface area (Å²) in [5.41, 5.74) is 6.21. The number of anilines is 1. The molecule has 100 valence electrons. The molecular weight excluding hydrogens is 244 g/mol. The molecule has 0 aliphatic heterocycles. The topological polar surface area (TPSA) is 82.2 Å². The monoisotopic (exact) mass is 260 g/mol. The Labute approximate surface area is 111 Å². The van der Waals surface area contributed by atoms with E-state index in [-0.39, 0.29) is 12.5 Å². The molecule has 6 nitrogen and oxygen atoms in total. The zero-order valence-corrected chi connectivity index (χ0v) is 10.7. The Hall–Kier alpha value is -2.50. The number of aryl methyl sites for hydroxylation is 1. The van der Waals surface area contributed by atoms with Crippen LogP contribution in [0.1, 0.15) is 5.82 Å². The number of benzene rings is 1. The van der Waals surface area contributed by atoms with Gasteiger partial charge in [0, 0.05) is 25.1 Å². The number of carbonyl (C=O) groups excluding carboxylic acids is 1. The molecule has 19 heavy (non-hydrogen) atoms. The Kier molecular flexibility index (Phi) is 4.02. The number of carbonyl (C=O) groups is 1. The van der Waals surface area contributed by atoms with Gasteiger partial charge in [0.1, 0.15) is 11.6 Å². The molecule has 0 fully saturated rings. The molecule has 1 heterocycles. The van der Waals surface area contributed by atoms with Gasteiger partial charge < -0.3 is 20.4 Å². The third-order valence-corrected chi connectivity index (χ3v) is 2.61. The fourth-order valence-corrected chi connectivity index (χ4v) is 1.51. The summed E-state index contributed by atoms with van der Waals surface area (Å²) < 4.78 is 7.18. The largest absolute Gasteiger partial charge is 0.484 e. The van der Waals surface area contributed by atoms with Gasteiger partial charge in [-0.2, -0.15) is 0 Å². The molecule has 1 aromatic heterocycles. The molecule has 6 heteroatoms. The Balaban J connectivity index is 1.76.